The van der Waals surface area contributed by atoms with Crippen LogP contribution in [0.5, 0.6) is 0 Å². The fourth-order valence-electron chi connectivity index (χ4n) is 1.56. The van der Waals surface area contributed by atoms with Crippen molar-refractivity contribution in [2.24, 2.45) is 0 Å². The minimum Gasteiger partial charge on any atom is -0.829 e. The second-order valence-corrected chi connectivity index (χ2v) is 4.33. The molecule has 0 spiro atoms. The molecule has 90 valence electrons. The van der Waals surface area contributed by atoms with Crippen molar-refractivity contribution in [3.8, 4) is 0 Å². The Kier molecular flexibility index (Phi) is 5.88. The standard InChI is InChI=1S/C11H17N2O2P/c1-3-12(4-2)13(16(14)15)10-11-8-6-5-7-9-11/h5-9H,3-4,10H2,1-2H3/q-2. The van der Waals surface area contributed by atoms with Crippen LogP contribution in [0.3, 0.4) is 0 Å². The maximum absolute atomic E-state index is 11.2. The van der Waals surface area contributed by atoms with Crippen LogP contribution in [0.25, 0.3) is 0 Å². The van der Waals surface area contributed by atoms with E-state index in [2.05, 4.69) is 0 Å². The zero-order chi connectivity index (χ0) is 12.0. The summed E-state index contributed by atoms with van der Waals surface area (Å²) in [6.07, 6.45) is 0. The topological polar surface area (TPSA) is 52.6 Å². The molecule has 0 aromatic heterocycles. The molecule has 0 saturated carbocycles. The Hall–Kier alpha value is -0.510. The Bertz CT molecular complexity index is 291. The molecule has 0 heterocycles. The van der Waals surface area contributed by atoms with Gasteiger partial charge in [-0.2, -0.15) is 0 Å². The van der Waals surface area contributed by atoms with Crippen LogP contribution in [0.2, 0.25) is 0 Å². The second kappa shape index (κ2) is 6.94. The highest BCUT2D eigenvalue weighted by atomic mass is 31.2. The van der Waals surface area contributed by atoms with Crippen LogP contribution in [0.15, 0.2) is 30.3 Å². The Morgan fingerprint density at radius 2 is 1.62 bits per heavy atom. The summed E-state index contributed by atoms with van der Waals surface area (Å²) >= 11 is 0. The molecule has 0 N–H and O–H groups in total. The van der Waals surface area contributed by atoms with Crippen molar-refractivity contribution in [1.82, 2.24) is 9.79 Å². The van der Waals surface area contributed by atoms with Gasteiger partial charge in [0.05, 0.1) is 0 Å². The van der Waals surface area contributed by atoms with Gasteiger partial charge in [-0.1, -0.05) is 44.2 Å². The molecule has 4 nitrogen and oxygen atoms in total. The van der Waals surface area contributed by atoms with Crippen LogP contribution in [0.1, 0.15) is 19.4 Å². The van der Waals surface area contributed by atoms with Gasteiger partial charge in [-0.25, -0.2) is 18.3 Å². The van der Waals surface area contributed by atoms with Gasteiger partial charge < -0.3 is 9.79 Å². The van der Waals surface area contributed by atoms with Gasteiger partial charge in [0.2, 0.25) is 0 Å². The minimum atomic E-state index is -2.58. The second-order valence-electron chi connectivity index (χ2n) is 3.39. The van der Waals surface area contributed by atoms with Gasteiger partial charge in [-0.3, -0.25) is 0 Å². The first-order chi connectivity index (χ1) is 7.69. The van der Waals surface area contributed by atoms with Crippen molar-refractivity contribution in [1.29, 1.82) is 0 Å². The van der Waals surface area contributed by atoms with Crippen molar-refractivity contribution in [3.05, 3.63) is 35.9 Å². The molecule has 0 amide bonds. The van der Waals surface area contributed by atoms with Crippen LogP contribution in [0.4, 0.5) is 0 Å². The lowest BCUT2D eigenvalue weighted by molar-refractivity contribution is -0.317. The highest BCUT2D eigenvalue weighted by molar-refractivity contribution is 7.39. The zero-order valence-electron chi connectivity index (χ0n) is 9.67. The third-order valence-corrected chi connectivity index (χ3v) is 3.18. The maximum Gasteiger partial charge on any atom is 0.0397 e. The zero-order valence-corrected chi connectivity index (χ0v) is 10.6. The molecule has 0 atom stereocenters. The number of benzene rings is 1. The molecule has 0 unspecified atom stereocenters. The summed E-state index contributed by atoms with van der Waals surface area (Å²) in [6.45, 7) is 5.67. The molecule has 0 saturated heterocycles. The van der Waals surface area contributed by atoms with Gasteiger partial charge in [-0.05, 0) is 5.56 Å². The van der Waals surface area contributed by atoms with Crippen molar-refractivity contribution in [2.45, 2.75) is 20.4 Å². The quantitative estimate of drug-likeness (QED) is 0.542. The Balaban J connectivity index is 2.72. The van der Waals surface area contributed by atoms with E-state index in [0.717, 1.165) is 5.56 Å². The average Bonchev–Trinajstić information content (AvgIpc) is 2.30. The lowest BCUT2D eigenvalue weighted by atomic mass is 10.2. The average molecular weight is 240 g/mol. The molecule has 0 aliphatic carbocycles. The van der Waals surface area contributed by atoms with Crippen molar-refractivity contribution < 1.29 is 9.79 Å². The molecule has 5 heteroatoms. The molecule has 1 aromatic carbocycles. The lowest BCUT2D eigenvalue weighted by Crippen LogP contribution is -2.43. The monoisotopic (exact) mass is 240 g/mol. The lowest BCUT2D eigenvalue weighted by Gasteiger charge is -2.48. The number of hydrazine groups is 1. The Labute approximate surface area is 98.1 Å². The number of hydrogen-bond acceptors (Lipinski definition) is 4. The molecule has 1 rings (SSSR count). The van der Waals surface area contributed by atoms with Crippen LogP contribution in [-0.4, -0.2) is 22.9 Å². The smallest absolute Gasteiger partial charge is 0.0397 e. The molecule has 0 aliphatic rings. The summed E-state index contributed by atoms with van der Waals surface area (Å²) in [6, 6.07) is 9.59. The highest BCUT2D eigenvalue weighted by Gasteiger charge is 2.09. The normalized spacial score (nSPS) is 11.7. The van der Waals surface area contributed by atoms with E-state index in [-0.39, 0.29) is 0 Å². The van der Waals surface area contributed by atoms with Gasteiger partial charge in [0, 0.05) is 19.6 Å². The molecular weight excluding hydrogens is 223 g/mol. The van der Waals surface area contributed by atoms with E-state index in [0.29, 0.717) is 19.6 Å². The van der Waals surface area contributed by atoms with Gasteiger partial charge in [0.15, 0.2) is 0 Å². The molecule has 0 fully saturated rings. The largest absolute Gasteiger partial charge is 0.829 e. The van der Waals surface area contributed by atoms with Gasteiger partial charge in [-0.15, -0.1) is 0 Å². The predicted octanol–water partition coefficient (Wildman–Crippen LogP) is 0.693. The third kappa shape index (κ3) is 3.81. The van der Waals surface area contributed by atoms with E-state index in [1.54, 1.807) is 5.01 Å². The van der Waals surface area contributed by atoms with Crippen molar-refractivity contribution >= 4 is 8.53 Å². The molecule has 0 aliphatic heterocycles. The molecule has 16 heavy (non-hydrogen) atoms. The summed E-state index contributed by atoms with van der Waals surface area (Å²) in [7, 11) is -2.58. The maximum atomic E-state index is 11.2. The van der Waals surface area contributed by atoms with Crippen LogP contribution in [-0.2, 0) is 6.54 Å². The van der Waals surface area contributed by atoms with E-state index in [1.165, 1.54) is 4.78 Å². The minimum absolute atomic E-state index is 0.404. The summed E-state index contributed by atoms with van der Waals surface area (Å²) in [5.41, 5.74) is 0.994. The van der Waals surface area contributed by atoms with Crippen molar-refractivity contribution in [2.75, 3.05) is 13.1 Å². The van der Waals surface area contributed by atoms with E-state index >= 15 is 0 Å². The van der Waals surface area contributed by atoms with Crippen LogP contribution >= 0.6 is 8.53 Å². The SMILES string of the molecule is CCN(CC)N(Cc1ccccc1)P([O-])[O-]. The molecule has 1 aromatic rings. The Morgan fingerprint density at radius 3 is 2.06 bits per heavy atom. The van der Waals surface area contributed by atoms with Gasteiger partial charge >= 0.3 is 0 Å². The van der Waals surface area contributed by atoms with Crippen LogP contribution in [0, 0.1) is 0 Å². The summed E-state index contributed by atoms with van der Waals surface area (Å²) in [5.74, 6) is 0. The third-order valence-electron chi connectivity index (χ3n) is 2.41. The Morgan fingerprint density at radius 1 is 1.06 bits per heavy atom. The summed E-state index contributed by atoms with van der Waals surface area (Å²) in [5, 5.41) is 1.80. The molecule has 0 bridgehead atoms. The number of nitrogens with zero attached hydrogens (tertiary/aromatic N) is 2. The number of rotatable bonds is 6. The molecule has 0 radical (unpaired) electrons. The predicted molar refractivity (Wildman–Crippen MR) is 61.8 cm³/mol. The first kappa shape index (κ1) is 13.6. The van der Waals surface area contributed by atoms with E-state index in [1.807, 2.05) is 44.2 Å². The highest BCUT2D eigenvalue weighted by Crippen LogP contribution is 2.25. The summed E-state index contributed by atoms with van der Waals surface area (Å²) in [4.78, 5) is 22.4. The van der Waals surface area contributed by atoms with Crippen molar-refractivity contribution in [3.63, 3.8) is 0 Å². The van der Waals surface area contributed by atoms with Crippen LogP contribution < -0.4 is 9.79 Å². The van der Waals surface area contributed by atoms with E-state index in [9.17, 15) is 9.79 Å². The molecular formula is C11H17N2O2P-2. The van der Waals surface area contributed by atoms with E-state index in [4.69, 9.17) is 0 Å². The van der Waals surface area contributed by atoms with Gasteiger partial charge in [0.25, 0.3) is 0 Å². The first-order valence-electron chi connectivity index (χ1n) is 5.39. The first-order valence-corrected chi connectivity index (χ1v) is 6.52. The van der Waals surface area contributed by atoms with Gasteiger partial charge in [0.1, 0.15) is 0 Å². The fraction of sp³-hybridized carbons (Fsp3) is 0.455. The summed E-state index contributed by atoms with van der Waals surface area (Å²) < 4.78 is 1.39. The van der Waals surface area contributed by atoms with E-state index < -0.39 is 8.53 Å². The fourth-order valence-corrected chi connectivity index (χ4v) is 2.30. The number of hydrogen-bond donors (Lipinski definition) is 0.